The molecule has 0 bridgehead atoms. The third-order valence-electron chi connectivity index (χ3n) is 3.28. The van der Waals surface area contributed by atoms with Gasteiger partial charge in [0.2, 0.25) is 0 Å². The van der Waals surface area contributed by atoms with Crippen molar-refractivity contribution < 1.29 is 9.47 Å². The fourth-order valence-corrected chi connectivity index (χ4v) is 3.19. The minimum atomic E-state index is 0.298. The van der Waals surface area contributed by atoms with E-state index in [0.717, 1.165) is 29.9 Å². The summed E-state index contributed by atoms with van der Waals surface area (Å²) in [6.07, 6.45) is 1.04. The van der Waals surface area contributed by atoms with Crippen LogP contribution in [0.3, 0.4) is 0 Å². The quantitative estimate of drug-likeness (QED) is 0.662. The first kappa shape index (κ1) is 16.4. The number of alkyl halides is 1. The zero-order valence-corrected chi connectivity index (χ0v) is 14.0. The van der Waals surface area contributed by atoms with Crippen molar-refractivity contribution in [1.82, 2.24) is 0 Å². The Morgan fingerprint density at radius 2 is 1.68 bits per heavy atom. The molecule has 0 saturated heterocycles. The van der Waals surface area contributed by atoms with Crippen LogP contribution in [-0.2, 0) is 0 Å². The second-order valence-corrected chi connectivity index (χ2v) is 6.38. The molecule has 2 nitrogen and oxygen atoms in total. The van der Waals surface area contributed by atoms with Crippen molar-refractivity contribution in [3.63, 3.8) is 0 Å². The van der Waals surface area contributed by atoms with Crippen molar-refractivity contribution in [3.8, 4) is 11.5 Å². The normalized spacial score (nSPS) is 13.1. The van der Waals surface area contributed by atoms with Gasteiger partial charge in [-0.15, -0.1) is 0 Å². The Morgan fingerprint density at radius 3 is 2.16 bits per heavy atom. The van der Waals surface area contributed by atoms with E-state index in [1.807, 2.05) is 31.2 Å². The van der Waals surface area contributed by atoms with Crippen LogP contribution in [0.1, 0.15) is 34.1 Å². The van der Waals surface area contributed by atoms with Gasteiger partial charge in [0.15, 0.2) is 11.5 Å². The summed E-state index contributed by atoms with van der Waals surface area (Å²) >= 11 is 3.60. The van der Waals surface area contributed by atoms with Gasteiger partial charge in [0.25, 0.3) is 0 Å². The first-order valence-corrected chi connectivity index (χ1v) is 8.01. The molecule has 1 aromatic carbocycles. The zero-order valence-electron chi connectivity index (χ0n) is 12.4. The van der Waals surface area contributed by atoms with Crippen molar-refractivity contribution in [1.29, 1.82) is 0 Å². The second-order valence-electron chi connectivity index (χ2n) is 5.73. The van der Waals surface area contributed by atoms with Gasteiger partial charge in [0.05, 0.1) is 13.2 Å². The lowest BCUT2D eigenvalue weighted by Crippen LogP contribution is -2.23. The molecule has 0 saturated carbocycles. The molecule has 0 aromatic heterocycles. The molecular formula is C16H25BrO2. The van der Waals surface area contributed by atoms with E-state index in [9.17, 15) is 0 Å². The van der Waals surface area contributed by atoms with Crippen LogP contribution in [0.4, 0.5) is 0 Å². The first-order valence-electron chi connectivity index (χ1n) is 6.89. The lowest BCUT2D eigenvalue weighted by Gasteiger charge is -2.29. The van der Waals surface area contributed by atoms with Gasteiger partial charge in [-0.1, -0.05) is 48.8 Å². The molecule has 1 rings (SSSR count). The molecule has 0 fully saturated rings. The van der Waals surface area contributed by atoms with E-state index in [0.29, 0.717) is 17.9 Å². The van der Waals surface area contributed by atoms with Crippen molar-refractivity contribution in [2.45, 2.75) is 34.1 Å². The van der Waals surface area contributed by atoms with Crippen molar-refractivity contribution >= 4 is 15.9 Å². The molecule has 3 heteroatoms. The number of hydrogen-bond acceptors (Lipinski definition) is 2. The van der Waals surface area contributed by atoms with Gasteiger partial charge in [0.1, 0.15) is 0 Å². The predicted molar refractivity (Wildman–Crippen MR) is 84.5 cm³/mol. The predicted octanol–water partition coefficient (Wildman–Crippen LogP) is 4.91. The second kappa shape index (κ2) is 7.78. The molecule has 0 aliphatic rings. The van der Waals surface area contributed by atoms with E-state index in [-0.39, 0.29) is 0 Å². The molecule has 1 atom stereocenters. The summed E-state index contributed by atoms with van der Waals surface area (Å²) in [6.45, 7) is 10.2. The SMILES string of the molecule is CCOc1ccccc1OCCC(CBr)C(C)(C)C. The standard InChI is InChI=1S/C16H25BrO2/c1-5-18-14-8-6-7-9-15(14)19-11-10-13(12-17)16(2,3)4/h6-9,13H,5,10-12H2,1-4H3. The Kier molecular flexibility index (Phi) is 6.70. The molecule has 0 spiro atoms. The monoisotopic (exact) mass is 328 g/mol. The van der Waals surface area contributed by atoms with Crippen LogP contribution in [0.2, 0.25) is 0 Å². The molecule has 0 N–H and O–H groups in total. The summed E-state index contributed by atoms with van der Waals surface area (Å²) in [5.74, 6) is 2.27. The summed E-state index contributed by atoms with van der Waals surface area (Å²) in [5, 5.41) is 1.01. The van der Waals surface area contributed by atoms with Gasteiger partial charge in [-0.2, -0.15) is 0 Å². The number of ether oxygens (including phenoxy) is 2. The highest BCUT2D eigenvalue weighted by Gasteiger charge is 2.23. The molecular weight excluding hydrogens is 304 g/mol. The van der Waals surface area contributed by atoms with E-state index >= 15 is 0 Å². The molecule has 0 radical (unpaired) electrons. The Morgan fingerprint density at radius 1 is 1.11 bits per heavy atom. The molecule has 0 amide bonds. The Labute approximate surface area is 125 Å². The Bertz CT molecular complexity index is 371. The first-order chi connectivity index (χ1) is 8.99. The van der Waals surface area contributed by atoms with E-state index in [1.165, 1.54) is 0 Å². The molecule has 108 valence electrons. The summed E-state index contributed by atoms with van der Waals surface area (Å²) in [5.41, 5.74) is 0.298. The number of halogens is 1. The maximum atomic E-state index is 5.87. The zero-order chi connectivity index (χ0) is 14.3. The largest absolute Gasteiger partial charge is 0.490 e. The highest BCUT2D eigenvalue weighted by molar-refractivity contribution is 9.09. The van der Waals surface area contributed by atoms with E-state index in [2.05, 4.69) is 36.7 Å². The maximum absolute atomic E-state index is 5.87. The van der Waals surface area contributed by atoms with Gasteiger partial charge in [0, 0.05) is 5.33 Å². The summed E-state index contributed by atoms with van der Waals surface area (Å²) < 4.78 is 11.4. The van der Waals surface area contributed by atoms with E-state index in [1.54, 1.807) is 0 Å². The number of hydrogen-bond donors (Lipinski definition) is 0. The number of benzene rings is 1. The molecule has 0 aliphatic heterocycles. The van der Waals surface area contributed by atoms with Crippen LogP contribution in [0.25, 0.3) is 0 Å². The van der Waals surface area contributed by atoms with Gasteiger partial charge in [-0.25, -0.2) is 0 Å². The van der Waals surface area contributed by atoms with Crippen molar-refractivity contribution in [2.75, 3.05) is 18.5 Å². The van der Waals surface area contributed by atoms with E-state index in [4.69, 9.17) is 9.47 Å². The summed E-state index contributed by atoms with van der Waals surface area (Å²) in [6, 6.07) is 7.85. The topological polar surface area (TPSA) is 18.5 Å². The van der Waals surface area contributed by atoms with Crippen molar-refractivity contribution in [2.24, 2.45) is 11.3 Å². The fourth-order valence-electron chi connectivity index (χ4n) is 1.90. The molecule has 1 unspecified atom stereocenters. The smallest absolute Gasteiger partial charge is 0.161 e. The van der Waals surface area contributed by atoms with Crippen LogP contribution in [0, 0.1) is 11.3 Å². The highest BCUT2D eigenvalue weighted by Crippen LogP contribution is 2.31. The van der Waals surface area contributed by atoms with Crippen LogP contribution in [0.15, 0.2) is 24.3 Å². The van der Waals surface area contributed by atoms with Crippen molar-refractivity contribution in [3.05, 3.63) is 24.3 Å². The fraction of sp³-hybridized carbons (Fsp3) is 0.625. The summed E-state index contributed by atoms with van der Waals surface area (Å²) in [4.78, 5) is 0. The minimum absolute atomic E-state index is 0.298. The van der Waals surface area contributed by atoms with Gasteiger partial charge >= 0.3 is 0 Å². The average Bonchev–Trinajstić information content (AvgIpc) is 2.35. The van der Waals surface area contributed by atoms with Crippen LogP contribution in [0.5, 0.6) is 11.5 Å². The average molecular weight is 329 g/mol. The minimum Gasteiger partial charge on any atom is -0.490 e. The Hall–Kier alpha value is -0.700. The Balaban J connectivity index is 2.53. The van der Waals surface area contributed by atoms with Crippen LogP contribution >= 0.6 is 15.9 Å². The molecule has 1 aromatic rings. The third-order valence-corrected chi connectivity index (χ3v) is 4.07. The van der Waals surface area contributed by atoms with Gasteiger partial charge in [-0.3, -0.25) is 0 Å². The lowest BCUT2D eigenvalue weighted by molar-refractivity contribution is 0.198. The molecule has 0 heterocycles. The van der Waals surface area contributed by atoms with Crippen LogP contribution in [-0.4, -0.2) is 18.5 Å². The molecule has 0 aliphatic carbocycles. The lowest BCUT2D eigenvalue weighted by atomic mass is 9.80. The number of rotatable bonds is 7. The number of para-hydroxylation sites is 2. The third kappa shape index (κ3) is 5.43. The van der Waals surface area contributed by atoms with E-state index < -0.39 is 0 Å². The maximum Gasteiger partial charge on any atom is 0.161 e. The molecule has 19 heavy (non-hydrogen) atoms. The van der Waals surface area contributed by atoms with Gasteiger partial charge < -0.3 is 9.47 Å². The van der Waals surface area contributed by atoms with Crippen LogP contribution < -0.4 is 9.47 Å². The highest BCUT2D eigenvalue weighted by atomic mass is 79.9. The summed E-state index contributed by atoms with van der Waals surface area (Å²) in [7, 11) is 0. The van der Waals surface area contributed by atoms with Gasteiger partial charge in [-0.05, 0) is 36.8 Å².